The molecule has 0 fully saturated rings. The van der Waals surface area contributed by atoms with Gasteiger partial charge in [-0.25, -0.2) is 0 Å². The van der Waals surface area contributed by atoms with Crippen LogP contribution in [0.5, 0.6) is 0 Å². The van der Waals surface area contributed by atoms with Crippen molar-refractivity contribution >= 4 is 82.0 Å². The summed E-state index contributed by atoms with van der Waals surface area (Å²) < 4.78 is 5.80. The summed E-state index contributed by atoms with van der Waals surface area (Å²) in [5, 5.41) is 0. The molecule has 0 bridgehead atoms. The standard InChI is InChI=1S/C102H65GeN3/c1-60-51-91-97-92(52-60)105(65-46-49-77-74-34-14-23-43-86(74)101(89(77)58-65)81-38-18-9-29-69(81)70-30-10-19-39-82(70)101)94-54-62(3)56-96-99(94)103(97,63-25-5-4-6-26-63)98-93(104(91)64-45-48-76-73-33-13-22-42-85(73)100(88(76)57-64)79-36-16-7-27-67(79)68-28-8-17-37-80(68)100)53-61(2)55-95(98)106(96)66-47-50-78-75-35-15-24-44-87(75)102(90(78)59-66)83-40-20-11-31-71(83)72-32-12-21-41-84(72)102/h4-59H,1-3H3. The molecule has 3 spiro atoms. The van der Waals surface area contributed by atoms with Gasteiger partial charge in [-0.3, -0.25) is 0 Å². The molecule has 0 aromatic heterocycles. The first-order valence-corrected chi connectivity index (χ1v) is 41.7. The average Bonchev–Trinajstić information content (AvgIpc) is 0.927. The van der Waals surface area contributed by atoms with Crippen LogP contribution in [0, 0.1) is 20.8 Å². The van der Waals surface area contributed by atoms with E-state index in [9.17, 15) is 0 Å². The number of benzene rings is 16. The Morgan fingerprint density at radius 1 is 0.189 bits per heavy atom. The third-order valence-corrected chi connectivity index (χ3v) is 36.7. The Hall–Kier alpha value is -12.5. The second-order valence-corrected chi connectivity index (χ2v) is 38.5. The molecule has 492 valence electrons. The van der Waals surface area contributed by atoms with Crippen LogP contribution in [-0.4, -0.2) is 13.3 Å². The van der Waals surface area contributed by atoms with Gasteiger partial charge in [0.25, 0.3) is 0 Å². The minimum absolute atomic E-state index is 0.552. The Labute approximate surface area is 619 Å². The fourth-order valence-electron chi connectivity index (χ4n) is 22.8. The van der Waals surface area contributed by atoms with Crippen LogP contribution >= 0.6 is 0 Å². The molecule has 0 N–H and O–H groups in total. The molecular weight excluding hydrogens is 1340 g/mol. The molecule has 6 aliphatic carbocycles. The van der Waals surface area contributed by atoms with E-state index in [1.807, 2.05) is 0 Å². The third kappa shape index (κ3) is 6.57. The molecule has 0 amide bonds. The van der Waals surface area contributed by atoms with Crippen LogP contribution in [0.1, 0.15) is 83.5 Å². The maximum atomic E-state index is 2.76. The van der Waals surface area contributed by atoms with Gasteiger partial charge in [0.05, 0.1) is 0 Å². The van der Waals surface area contributed by atoms with Crippen molar-refractivity contribution in [2.45, 2.75) is 37.0 Å². The van der Waals surface area contributed by atoms with E-state index in [1.54, 1.807) is 0 Å². The second kappa shape index (κ2) is 20.0. The van der Waals surface area contributed by atoms with Crippen LogP contribution in [0.25, 0.3) is 66.8 Å². The average molecular weight is 1410 g/mol. The van der Waals surface area contributed by atoms with Crippen molar-refractivity contribution < 1.29 is 0 Å². The summed E-state index contributed by atoms with van der Waals surface area (Å²) in [6, 6.07) is 134. The number of hydrogen-bond donors (Lipinski definition) is 0. The SMILES string of the molecule is Cc1cc2[c]3c(c1)N(c1ccc4c(c1)C1(c5ccccc5-c5ccccc51)c1ccccc1-4)c1cc(C)cc4[c]1[Ge]3([c]1ccccc1)[c]1c(cc(C)cc1N4c1ccc3c(c1)C1(c4ccccc4-c4ccccc41)c1ccccc1-3)N2c1ccc2c(c1)C1(c3ccccc3-c3ccccc31)c1ccccc1-2. The van der Waals surface area contributed by atoms with Crippen molar-refractivity contribution in [2.75, 3.05) is 14.7 Å². The molecule has 0 saturated heterocycles. The predicted octanol–water partition coefficient (Wildman–Crippen LogP) is 22.4. The topological polar surface area (TPSA) is 9.72 Å². The van der Waals surface area contributed by atoms with Crippen LogP contribution in [0.15, 0.2) is 340 Å². The van der Waals surface area contributed by atoms with Gasteiger partial charge in [-0.2, -0.15) is 0 Å². The fraction of sp³-hybridized carbons (Fsp3) is 0.0588. The molecule has 0 unspecified atom stereocenters. The molecule has 16 aromatic carbocycles. The Bertz CT molecular complexity index is 5870. The zero-order chi connectivity index (χ0) is 69.4. The van der Waals surface area contributed by atoms with Gasteiger partial charge < -0.3 is 0 Å². The summed E-state index contributed by atoms with van der Waals surface area (Å²) in [5.41, 5.74) is 44.7. The zero-order valence-corrected chi connectivity index (χ0v) is 60.8. The molecule has 9 aliphatic rings. The summed E-state index contributed by atoms with van der Waals surface area (Å²) in [7, 11) is 0. The predicted molar refractivity (Wildman–Crippen MR) is 438 cm³/mol. The number of fused-ring (bicyclic) bond motifs is 30. The molecule has 3 heterocycles. The fourth-order valence-corrected chi connectivity index (χ4v) is 34.8. The number of aryl methyl sites for hydroxylation is 3. The molecule has 25 rings (SSSR count). The summed E-state index contributed by atoms with van der Waals surface area (Å²) in [6.45, 7) is 7.06. The van der Waals surface area contributed by atoms with Gasteiger partial charge >= 0.3 is 624 Å². The van der Waals surface area contributed by atoms with Crippen molar-refractivity contribution in [2.24, 2.45) is 0 Å². The van der Waals surface area contributed by atoms with Crippen molar-refractivity contribution in [1.82, 2.24) is 0 Å². The Morgan fingerprint density at radius 2 is 0.377 bits per heavy atom. The van der Waals surface area contributed by atoms with Crippen molar-refractivity contribution in [1.29, 1.82) is 0 Å². The molecular formula is C102H65GeN3. The van der Waals surface area contributed by atoms with E-state index in [-0.39, 0.29) is 0 Å². The monoisotopic (exact) mass is 1410 g/mol. The molecule has 3 aliphatic heterocycles. The van der Waals surface area contributed by atoms with E-state index in [2.05, 4.69) is 375 Å². The molecule has 0 atom stereocenters. The van der Waals surface area contributed by atoms with Crippen molar-refractivity contribution in [3.05, 3.63) is 423 Å². The molecule has 106 heavy (non-hydrogen) atoms. The summed E-state index contributed by atoms with van der Waals surface area (Å²) >= 11 is -4.49. The van der Waals surface area contributed by atoms with E-state index in [0.29, 0.717) is 0 Å². The van der Waals surface area contributed by atoms with E-state index in [1.165, 1.54) is 202 Å². The number of anilines is 9. The van der Waals surface area contributed by atoms with E-state index in [4.69, 9.17) is 0 Å². The van der Waals surface area contributed by atoms with Gasteiger partial charge in [0, 0.05) is 0 Å². The normalized spacial score (nSPS) is 15.7. The second-order valence-electron chi connectivity index (χ2n) is 31.0. The van der Waals surface area contributed by atoms with Crippen molar-refractivity contribution in [3.8, 4) is 66.8 Å². The Kier molecular flexibility index (Phi) is 10.9. The van der Waals surface area contributed by atoms with Crippen LogP contribution in [0.3, 0.4) is 0 Å². The maximum absolute atomic E-state index is 4.49. The van der Waals surface area contributed by atoms with Gasteiger partial charge in [0.15, 0.2) is 0 Å². The summed E-state index contributed by atoms with van der Waals surface area (Å²) in [4.78, 5) is 8.28. The van der Waals surface area contributed by atoms with E-state index < -0.39 is 29.5 Å². The minimum atomic E-state index is -4.49. The first kappa shape index (κ1) is 57.9. The quantitative estimate of drug-likeness (QED) is 0.163. The van der Waals surface area contributed by atoms with Gasteiger partial charge in [0.2, 0.25) is 0 Å². The summed E-state index contributed by atoms with van der Waals surface area (Å²) in [5.74, 6) is 0. The number of nitrogens with zero attached hydrogens (tertiary/aromatic N) is 3. The first-order valence-electron chi connectivity index (χ1n) is 37.5. The molecule has 4 heteroatoms. The van der Waals surface area contributed by atoms with Crippen LogP contribution in [-0.2, 0) is 16.2 Å². The van der Waals surface area contributed by atoms with Crippen LogP contribution < -0.4 is 32.3 Å². The zero-order valence-electron chi connectivity index (χ0n) is 58.7. The third-order valence-electron chi connectivity index (χ3n) is 26.2. The molecule has 0 saturated carbocycles. The molecule has 3 nitrogen and oxygen atoms in total. The molecule has 0 radical (unpaired) electrons. The van der Waals surface area contributed by atoms with Crippen LogP contribution in [0.2, 0.25) is 0 Å². The number of hydrogen-bond acceptors (Lipinski definition) is 3. The van der Waals surface area contributed by atoms with E-state index >= 15 is 0 Å². The van der Waals surface area contributed by atoms with E-state index in [0.717, 1.165) is 17.1 Å². The van der Waals surface area contributed by atoms with Gasteiger partial charge in [-0.1, -0.05) is 0 Å². The van der Waals surface area contributed by atoms with Crippen LogP contribution in [0.4, 0.5) is 51.2 Å². The summed E-state index contributed by atoms with van der Waals surface area (Å²) in [6.07, 6.45) is 0. The molecule has 16 aromatic rings. The van der Waals surface area contributed by atoms with Gasteiger partial charge in [0.1, 0.15) is 0 Å². The van der Waals surface area contributed by atoms with Crippen molar-refractivity contribution in [3.63, 3.8) is 0 Å². The Balaban J connectivity index is 0.816. The van der Waals surface area contributed by atoms with Gasteiger partial charge in [-0.05, 0) is 0 Å². The number of rotatable bonds is 4. The van der Waals surface area contributed by atoms with Gasteiger partial charge in [-0.15, -0.1) is 0 Å². The first-order chi connectivity index (χ1) is 52.3. The Morgan fingerprint density at radius 3 is 0.594 bits per heavy atom.